The SMILES string of the molecule is Cc1cc(Br)ccc1NC(=O)Cc1csc(Nc2cccc(C(F)(F)F)c2)n1. The summed E-state index contributed by atoms with van der Waals surface area (Å²) in [6, 6.07) is 10.4. The second-order valence-corrected chi connectivity index (χ2v) is 7.81. The molecule has 0 radical (unpaired) electrons. The molecule has 0 spiro atoms. The highest BCUT2D eigenvalue weighted by molar-refractivity contribution is 9.10. The van der Waals surface area contributed by atoms with E-state index in [4.69, 9.17) is 0 Å². The summed E-state index contributed by atoms with van der Waals surface area (Å²) >= 11 is 4.59. The van der Waals surface area contributed by atoms with Gasteiger partial charge < -0.3 is 10.6 Å². The van der Waals surface area contributed by atoms with Crippen LogP contribution in [0, 0.1) is 6.92 Å². The molecule has 4 nitrogen and oxygen atoms in total. The fourth-order valence-corrected chi connectivity index (χ4v) is 3.67. The van der Waals surface area contributed by atoms with Crippen LogP contribution in [0.4, 0.5) is 29.7 Å². The number of hydrogen-bond donors (Lipinski definition) is 2. The lowest BCUT2D eigenvalue weighted by Gasteiger charge is -2.09. The molecule has 1 amide bonds. The molecule has 1 aromatic heterocycles. The van der Waals surface area contributed by atoms with Crippen molar-refractivity contribution in [3.8, 4) is 0 Å². The number of carbonyl (C=O) groups excluding carboxylic acids is 1. The standard InChI is InChI=1S/C19H15BrF3N3OS/c1-11-7-13(20)5-6-16(11)26-17(27)9-15-10-28-18(25-15)24-14-4-2-3-12(8-14)19(21,22)23/h2-8,10H,9H2,1H3,(H,24,25)(H,26,27). The van der Waals surface area contributed by atoms with Gasteiger partial charge in [0.05, 0.1) is 17.7 Å². The van der Waals surface area contributed by atoms with Gasteiger partial charge in [-0.3, -0.25) is 4.79 Å². The maximum atomic E-state index is 12.8. The van der Waals surface area contributed by atoms with Gasteiger partial charge in [-0.25, -0.2) is 4.98 Å². The number of aryl methyl sites for hydroxylation is 1. The van der Waals surface area contributed by atoms with Gasteiger partial charge in [-0.15, -0.1) is 11.3 Å². The minimum absolute atomic E-state index is 0.0657. The van der Waals surface area contributed by atoms with E-state index < -0.39 is 11.7 Å². The first kappa shape index (κ1) is 20.3. The van der Waals surface area contributed by atoms with Crippen LogP contribution in [0.15, 0.2) is 52.3 Å². The first-order valence-corrected chi connectivity index (χ1v) is 9.82. The van der Waals surface area contributed by atoms with Gasteiger partial charge in [0.15, 0.2) is 5.13 Å². The molecule has 0 bridgehead atoms. The predicted octanol–water partition coefficient (Wildman–Crippen LogP) is 6.16. The van der Waals surface area contributed by atoms with E-state index in [-0.39, 0.29) is 18.0 Å². The summed E-state index contributed by atoms with van der Waals surface area (Å²) in [6.07, 6.45) is -4.34. The minimum Gasteiger partial charge on any atom is -0.332 e. The Kier molecular flexibility index (Phi) is 6.04. The van der Waals surface area contributed by atoms with Crippen molar-refractivity contribution in [3.63, 3.8) is 0 Å². The molecule has 3 rings (SSSR count). The molecular weight excluding hydrogens is 455 g/mol. The molecule has 0 fully saturated rings. The number of aromatic nitrogens is 1. The third-order valence-electron chi connectivity index (χ3n) is 3.80. The molecule has 3 aromatic rings. The number of rotatable bonds is 5. The summed E-state index contributed by atoms with van der Waals surface area (Å²) < 4.78 is 39.3. The number of nitrogens with one attached hydrogen (secondary N) is 2. The minimum atomic E-state index is -4.41. The predicted molar refractivity (Wildman–Crippen MR) is 108 cm³/mol. The summed E-state index contributed by atoms with van der Waals surface area (Å²) in [5, 5.41) is 7.79. The maximum absolute atomic E-state index is 12.8. The fraction of sp³-hybridized carbons (Fsp3) is 0.158. The Morgan fingerprint density at radius 2 is 2.00 bits per heavy atom. The quantitative estimate of drug-likeness (QED) is 0.470. The van der Waals surface area contributed by atoms with E-state index in [1.165, 1.54) is 23.5 Å². The summed E-state index contributed by atoms with van der Waals surface area (Å²) in [7, 11) is 0. The molecule has 0 saturated carbocycles. The summed E-state index contributed by atoms with van der Waals surface area (Å²) in [5.74, 6) is -0.221. The zero-order valence-electron chi connectivity index (χ0n) is 14.6. The van der Waals surface area contributed by atoms with Crippen LogP contribution in [0.2, 0.25) is 0 Å². The first-order chi connectivity index (χ1) is 13.2. The lowest BCUT2D eigenvalue weighted by molar-refractivity contribution is -0.137. The van der Waals surface area contributed by atoms with E-state index in [2.05, 4.69) is 31.5 Å². The molecule has 9 heteroatoms. The number of halogens is 4. The molecule has 0 aliphatic rings. The van der Waals surface area contributed by atoms with Crippen LogP contribution in [0.3, 0.4) is 0 Å². The molecule has 1 heterocycles. The monoisotopic (exact) mass is 469 g/mol. The molecule has 28 heavy (non-hydrogen) atoms. The molecule has 2 N–H and O–H groups in total. The highest BCUT2D eigenvalue weighted by atomic mass is 79.9. The number of alkyl halides is 3. The van der Waals surface area contributed by atoms with Gasteiger partial charge in [0.2, 0.25) is 5.91 Å². The van der Waals surface area contributed by atoms with Crippen LogP contribution < -0.4 is 10.6 Å². The first-order valence-electron chi connectivity index (χ1n) is 8.15. The van der Waals surface area contributed by atoms with Crippen LogP contribution in [-0.4, -0.2) is 10.9 Å². The molecule has 146 valence electrons. The number of benzene rings is 2. The normalized spacial score (nSPS) is 11.3. The molecule has 0 unspecified atom stereocenters. The van der Waals surface area contributed by atoms with Crippen LogP contribution in [0.1, 0.15) is 16.8 Å². The Bertz CT molecular complexity index is 1000. The number of amides is 1. The van der Waals surface area contributed by atoms with Crippen molar-refractivity contribution in [2.45, 2.75) is 19.5 Å². The van der Waals surface area contributed by atoms with Gasteiger partial charge in [-0.05, 0) is 48.9 Å². The van der Waals surface area contributed by atoms with Crippen molar-refractivity contribution < 1.29 is 18.0 Å². The summed E-state index contributed by atoms with van der Waals surface area (Å²) in [6.45, 7) is 1.89. The topological polar surface area (TPSA) is 54.0 Å². The zero-order valence-corrected chi connectivity index (χ0v) is 17.0. The van der Waals surface area contributed by atoms with Gasteiger partial charge in [0, 0.05) is 21.2 Å². The van der Waals surface area contributed by atoms with Gasteiger partial charge in [-0.1, -0.05) is 22.0 Å². The maximum Gasteiger partial charge on any atom is 0.416 e. The van der Waals surface area contributed by atoms with Gasteiger partial charge >= 0.3 is 6.18 Å². The van der Waals surface area contributed by atoms with Crippen LogP contribution in [0.5, 0.6) is 0 Å². The second-order valence-electron chi connectivity index (χ2n) is 6.03. The van der Waals surface area contributed by atoms with Crippen molar-refractivity contribution in [2.75, 3.05) is 10.6 Å². The second kappa shape index (κ2) is 8.32. The van der Waals surface area contributed by atoms with Crippen molar-refractivity contribution in [3.05, 3.63) is 69.1 Å². The highest BCUT2D eigenvalue weighted by Gasteiger charge is 2.30. The van der Waals surface area contributed by atoms with E-state index in [0.29, 0.717) is 16.5 Å². The Hall–Kier alpha value is -2.39. The highest BCUT2D eigenvalue weighted by Crippen LogP contribution is 2.32. The number of carbonyl (C=O) groups is 1. The Balaban J connectivity index is 1.63. The van der Waals surface area contributed by atoms with Crippen molar-refractivity contribution >= 4 is 49.7 Å². The number of hydrogen-bond acceptors (Lipinski definition) is 4. The fourth-order valence-electron chi connectivity index (χ4n) is 2.47. The Labute approximate surface area is 171 Å². The molecule has 0 saturated heterocycles. The Morgan fingerprint density at radius 1 is 1.21 bits per heavy atom. The molecule has 0 atom stereocenters. The zero-order chi connectivity index (χ0) is 20.3. The molecular formula is C19H15BrF3N3OS. The van der Waals surface area contributed by atoms with E-state index in [9.17, 15) is 18.0 Å². The smallest absolute Gasteiger partial charge is 0.332 e. The largest absolute Gasteiger partial charge is 0.416 e. The van der Waals surface area contributed by atoms with Crippen LogP contribution in [-0.2, 0) is 17.4 Å². The van der Waals surface area contributed by atoms with Gasteiger partial charge in [-0.2, -0.15) is 13.2 Å². The van der Waals surface area contributed by atoms with Crippen LogP contribution in [0.25, 0.3) is 0 Å². The van der Waals surface area contributed by atoms with E-state index >= 15 is 0 Å². The number of anilines is 3. The average molecular weight is 470 g/mol. The average Bonchev–Trinajstić information content (AvgIpc) is 3.03. The van der Waals surface area contributed by atoms with E-state index in [0.717, 1.165) is 22.2 Å². The lowest BCUT2D eigenvalue weighted by atomic mass is 10.2. The Morgan fingerprint density at radius 3 is 2.71 bits per heavy atom. The van der Waals surface area contributed by atoms with E-state index in [1.54, 1.807) is 11.4 Å². The summed E-state index contributed by atoms with van der Waals surface area (Å²) in [5.41, 5.74) is 1.72. The van der Waals surface area contributed by atoms with E-state index in [1.807, 2.05) is 19.1 Å². The number of thiazole rings is 1. The number of nitrogens with zero attached hydrogens (tertiary/aromatic N) is 1. The molecule has 2 aromatic carbocycles. The molecule has 0 aliphatic carbocycles. The van der Waals surface area contributed by atoms with Gasteiger partial charge in [0.1, 0.15) is 0 Å². The third kappa shape index (κ3) is 5.32. The van der Waals surface area contributed by atoms with Gasteiger partial charge in [0.25, 0.3) is 0 Å². The van der Waals surface area contributed by atoms with Crippen molar-refractivity contribution in [1.29, 1.82) is 0 Å². The lowest BCUT2D eigenvalue weighted by Crippen LogP contribution is -2.15. The van der Waals surface area contributed by atoms with Crippen LogP contribution >= 0.6 is 27.3 Å². The van der Waals surface area contributed by atoms with Crippen molar-refractivity contribution in [2.24, 2.45) is 0 Å². The van der Waals surface area contributed by atoms with Crippen molar-refractivity contribution in [1.82, 2.24) is 4.98 Å². The third-order valence-corrected chi connectivity index (χ3v) is 5.10. The summed E-state index contributed by atoms with van der Waals surface area (Å²) in [4.78, 5) is 16.5. The molecule has 0 aliphatic heterocycles.